The Balaban J connectivity index is 1.73. The van der Waals surface area contributed by atoms with Gasteiger partial charge in [0.1, 0.15) is 11.5 Å². The van der Waals surface area contributed by atoms with Crippen LogP contribution in [0, 0.1) is 7.14 Å². The Morgan fingerprint density at radius 2 is 2.03 bits per heavy atom. The van der Waals surface area contributed by atoms with Gasteiger partial charge in [0.25, 0.3) is 5.91 Å². The summed E-state index contributed by atoms with van der Waals surface area (Å²) in [6.45, 7) is 3.38. The van der Waals surface area contributed by atoms with Crippen molar-refractivity contribution < 1.29 is 24.2 Å². The van der Waals surface area contributed by atoms with Crippen LogP contribution in [0.4, 0.5) is 0 Å². The molecule has 1 heterocycles. The van der Waals surface area contributed by atoms with Crippen LogP contribution < -0.4 is 20.8 Å². The van der Waals surface area contributed by atoms with E-state index in [4.69, 9.17) is 21.7 Å². The molecule has 1 aliphatic rings. The van der Waals surface area contributed by atoms with Crippen LogP contribution in [0.15, 0.2) is 52.8 Å². The van der Waals surface area contributed by atoms with E-state index < -0.39 is 17.9 Å². The molecule has 0 saturated heterocycles. The number of amides is 1. The molecule has 0 aliphatic carbocycles. The van der Waals surface area contributed by atoms with E-state index in [1.807, 2.05) is 28.7 Å². The van der Waals surface area contributed by atoms with Gasteiger partial charge in [-0.05, 0) is 89.4 Å². The Labute approximate surface area is 235 Å². The first-order valence-corrected chi connectivity index (χ1v) is 12.9. The number of hydrogen-bond donors (Lipinski definition) is 4. The van der Waals surface area contributed by atoms with E-state index in [1.54, 1.807) is 44.2 Å². The smallest absolute Gasteiger partial charge is 0.338 e. The number of allylic oxidation sites excluding steroid dienone is 1. The summed E-state index contributed by atoms with van der Waals surface area (Å²) in [6.07, 6.45) is 1.37. The van der Waals surface area contributed by atoms with Gasteiger partial charge in [0.2, 0.25) is 0 Å². The van der Waals surface area contributed by atoms with Crippen molar-refractivity contribution in [3.63, 3.8) is 0 Å². The number of phenols is 1. The summed E-state index contributed by atoms with van der Waals surface area (Å²) in [6, 6.07) is 9.99. The van der Waals surface area contributed by atoms with E-state index in [0.717, 1.165) is 3.57 Å². The van der Waals surface area contributed by atoms with Gasteiger partial charge in [-0.15, -0.1) is 0 Å². The molecular weight excluding hydrogens is 698 g/mol. The molecule has 9 nitrogen and oxygen atoms in total. The number of aromatic hydroxyl groups is 1. The van der Waals surface area contributed by atoms with Crippen molar-refractivity contribution >= 4 is 80.6 Å². The summed E-state index contributed by atoms with van der Waals surface area (Å²) in [7, 11) is 0. The molecule has 0 fully saturated rings. The first-order chi connectivity index (χ1) is 16.7. The summed E-state index contributed by atoms with van der Waals surface area (Å²) < 4.78 is 12.6. The number of phenolic OH excluding ortho intramolecular Hbond substituents is 1. The zero-order valence-electron chi connectivity index (χ0n) is 18.7. The highest BCUT2D eigenvalue weighted by Gasteiger charge is 2.32. The first-order valence-electron chi connectivity index (χ1n) is 10.4. The number of carbonyl (C=O) groups excluding carboxylic acids is 2. The maximum atomic E-state index is 12.6. The van der Waals surface area contributed by atoms with E-state index in [9.17, 15) is 14.7 Å². The third-order valence-corrected chi connectivity index (χ3v) is 6.47. The van der Waals surface area contributed by atoms with Gasteiger partial charge >= 0.3 is 5.97 Å². The van der Waals surface area contributed by atoms with Crippen LogP contribution in [-0.2, 0) is 14.3 Å². The Kier molecular flexibility index (Phi) is 9.68. The lowest BCUT2D eigenvalue weighted by atomic mass is 9.95. The number of hydrazone groups is 1. The number of esters is 1. The second-order valence-electron chi connectivity index (χ2n) is 7.24. The monoisotopic (exact) mass is 720 g/mol. The number of thiocarbonyl (C=S) groups is 1. The predicted molar refractivity (Wildman–Crippen MR) is 152 cm³/mol. The molecule has 4 N–H and O–H groups in total. The Bertz CT molecular complexity index is 1220. The highest BCUT2D eigenvalue weighted by atomic mass is 127. The molecule has 0 spiro atoms. The molecule has 1 aliphatic heterocycles. The molecule has 35 heavy (non-hydrogen) atoms. The lowest BCUT2D eigenvalue weighted by molar-refractivity contribution is -0.139. The number of nitrogens with one attached hydrogen (secondary N) is 3. The van der Waals surface area contributed by atoms with Crippen molar-refractivity contribution in [2.75, 3.05) is 13.2 Å². The van der Waals surface area contributed by atoms with Crippen LogP contribution in [0.3, 0.4) is 0 Å². The van der Waals surface area contributed by atoms with Gasteiger partial charge in [-0.1, -0.05) is 18.2 Å². The summed E-state index contributed by atoms with van der Waals surface area (Å²) in [5, 5.41) is 20.4. The number of benzene rings is 2. The van der Waals surface area contributed by atoms with Gasteiger partial charge in [0.15, 0.2) is 11.7 Å². The van der Waals surface area contributed by atoms with Crippen LogP contribution in [0.5, 0.6) is 11.5 Å². The minimum atomic E-state index is -0.619. The normalized spacial score (nSPS) is 15.4. The van der Waals surface area contributed by atoms with Crippen LogP contribution in [0.1, 0.15) is 31.0 Å². The Morgan fingerprint density at radius 3 is 2.77 bits per heavy atom. The fourth-order valence-corrected chi connectivity index (χ4v) is 5.45. The van der Waals surface area contributed by atoms with Crippen molar-refractivity contribution in [3.8, 4) is 11.5 Å². The number of ether oxygens (including phenoxy) is 2. The molecule has 0 bridgehead atoms. The molecule has 0 unspecified atom stereocenters. The van der Waals surface area contributed by atoms with Gasteiger partial charge in [-0.2, -0.15) is 5.10 Å². The zero-order chi connectivity index (χ0) is 25.5. The van der Waals surface area contributed by atoms with Crippen molar-refractivity contribution in [3.05, 3.63) is 65.9 Å². The molecule has 1 amide bonds. The number of carbonyl (C=O) groups is 2. The average molecular weight is 720 g/mol. The molecular formula is C23H22I2N4O5S. The minimum Gasteiger partial charge on any atom is -0.506 e. The van der Waals surface area contributed by atoms with Gasteiger partial charge in [0.05, 0.1) is 28.0 Å². The summed E-state index contributed by atoms with van der Waals surface area (Å²) in [4.78, 5) is 25.0. The number of nitrogens with zero attached hydrogens (tertiary/aromatic N) is 1. The van der Waals surface area contributed by atoms with Crippen molar-refractivity contribution in [1.29, 1.82) is 0 Å². The molecule has 0 saturated carbocycles. The Hall–Kier alpha value is -2.46. The quantitative estimate of drug-likeness (QED) is 0.108. The molecule has 2 aromatic carbocycles. The molecule has 3 rings (SSSR count). The molecule has 1 atom stereocenters. The summed E-state index contributed by atoms with van der Waals surface area (Å²) in [5.41, 5.74) is 4.43. The van der Waals surface area contributed by atoms with E-state index >= 15 is 0 Å². The first kappa shape index (κ1) is 27.1. The molecule has 0 radical (unpaired) electrons. The number of hydrogen-bond acceptors (Lipinski definition) is 7. The van der Waals surface area contributed by atoms with E-state index in [-0.39, 0.29) is 19.0 Å². The van der Waals surface area contributed by atoms with Crippen molar-refractivity contribution in [2.24, 2.45) is 5.10 Å². The maximum Gasteiger partial charge on any atom is 0.338 e. The third kappa shape index (κ3) is 7.04. The highest BCUT2D eigenvalue weighted by Crippen LogP contribution is 2.33. The molecule has 0 aromatic heterocycles. The van der Waals surface area contributed by atoms with Crippen LogP contribution >= 0.6 is 57.4 Å². The highest BCUT2D eigenvalue weighted by molar-refractivity contribution is 14.1. The van der Waals surface area contributed by atoms with Gasteiger partial charge < -0.3 is 25.2 Å². The molecule has 12 heteroatoms. The number of halogens is 2. The fourth-order valence-electron chi connectivity index (χ4n) is 3.29. The minimum absolute atomic E-state index is 0.0855. The SMILES string of the molecule is CCOC(=O)C1=C(C)NC(=S)N[C@@H]1c1ccccc1OCC(=O)NN=Cc1cc(I)cc(I)c1O. The van der Waals surface area contributed by atoms with E-state index in [0.29, 0.717) is 36.8 Å². The van der Waals surface area contributed by atoms with Crippen LogP contribution in [-0.4, -0.2) is 41.5 Å². The Morgan fingerprint density at radius 1 is 1.29 bits per heavy atom. The second kappa shape index (κ2) is 12.5. The van der Waals surface area contributed by atoms with E-state index in [1.165, 1.54) is 6.21 Å². The van der Waals surface area contributed by atoms with Gasteiger partial charge in [-0.3, -0.25) is 4.79 Å². The number of para-hydroxylation sites is 1. The van der Waals surface area contributed by atoms with E-state index in [2.05, 4.69) is 43.8 Å². The third-order valence-electron chi connectivity index (χ3n) is 4.80. The predicted octanol–water partition coefficient (Wildman–Crippen LogP) is 3.49. The standard InChI is InChI=1S/C23H22I2N4O5S/c1-3-33-22(32)19-12(2)27-23(35)28-20(19)15-6-4-5-7-17(15)34-11-18(30)29-26-10-13-8-14(24)9-16(25)21(13)31/h4-10,20,31H,3,11H2,1-2H3,(H,29,30)(H2,27,28,35)/t20-/m1/s1. The van der Waals surface area contributed by atoms with Crippen LogP contribution in [0.2, 0.25) is 0 Å². The lowest BCUT2D eigenvalue weighted by Gasteiger charge is -2.30. The zero-order valence-corrected chi connectivity index (χ0v) is 23.9. The molecule has 184 valence electrons. The molecule has 2 aromatic rings. The van der Waals surface area contributed by atoms with Crippen LogP contribution in [0.25, 0.3) is 0 Å². The average Bonchev–Trinajstić information content (AvgIpc) is 2.80. The summed E-state index contributed by atoms with van der Waals surface area (Å²) in [5.74, 6) is -0.495. The van der Waals surface area contributed by atoms with Crippen molar-refractivity contribution in [2.45, 2.75) is 19.9 Å². The second-order valence-corrected chi connectivity index (χ2v) is 10.1. The van der Waals surface area contributed by atoms with Gasteiger partial charge in [0, 0.05) is 20.4 Å². The summed E-state index contributed by atoms with van der Waals surface area (Å²) >= 11 is 9.43. The topological polar surface area (TPSA) is 121 Å². The largest absolute Gasteiger partial charge is 0.506 e. The van der Waals surface area contributed by atoms with Crippen molar-refractivity contribution in [1.82, 2.24) is 16.1 Å². The maximum absolute atomic E-state index is 12.6. The number of rotatable bonds is 8. The fraction of sp³-hybridized carbons (Fsp3) is 0.217. The van der Waals surface area contributed by atoms with Gasteiger partial charge in [-0.25, -0.2) is 10.2 Å². The lowest BCUT2D eigenvalue weighted by Crippen LogP contribution is -2.45.